The molecular formula is C22H19N3O4S. The topological polar surface area (TPSA) is 75.4 Å². The molecule has 0 fully saturated rings. The maximum absolute atomic E-state index is 13.0. The van der Waals surface area contributed by atoms with Gasteiger partial charge in [0.15, 0.2) is 17.3 Å². The zero-order valence-corrected chi connectivity index (χ0v) is 17.4. The molecule has 0 atom stereocenters. The van der Waals surface area contributed by atoms with Crippen molar-refractivity contribution in [2.24, 2.45) is 0 Å². The second-order valence-corrected chi connectivity index (χ2v) is 8.19. The van der Waals surface area contributed by atoms with Gasteiger partial charge in [-0.05, 0) is 49.1 Å². The van der Waals surface area contributed by atoms with Gasteiger partial charge in [-0.2, -0.15) is 0 Å². The Balaban J connectivity index is 1.41. The Labute approximate surface area is 176 Å². The lowest BCUT2D eigenvalue weighted by Gasteiger charge is -2.11. The predicted octanol–water partition coefficient (Wildman–Crippen LogP) is 3.54. The highest BCUT2D eigenvalue weighted by Crippen LogP contribution is 2.33. The third-order valence-electron chi connectivity index (χ3n) is 5.42. The summed E-state index contributed by atoms with van der Waals surface area (Å²) < 4.78 is 14.3. The molecule has 0 N–H and O–H groups in total. The van der Waals surface area contributed by atoms with Crippen LogP contribution in [-0.2, 0) is 13.1 Å². The summed E-state index contributed by atoms with van der Waals surface area (Å²) >= 11 is 1.41. The molecule has 0 radical (unpaired) electrons. The molecule has 8 heteroatoms. The lowest BCUT2D eigenvalue weighted by Crippen LogP contribution is -2.24. The van der Waals surface area contributed by atoms with Crippen LogP contribution in [0.4, 0.5) is 0 Å². The third-order valence-corrected chi connectivity index (χ3v) is 6.24. The van der Waals surface area contributed by atoms with E-state index in [1.165, 1.54) is 22.2 Å². The number of rotatable bonds is 5. The fraction of sp³-hybridized carbons (Fsp3) is 0.227. The first-order chi connectivity index (χ1) is 14.5. The van der Waals surface area contributed by atoms with E-state index in [0.29, 0.717) is 22.3 Å². The van der Waals surface area contributed by atoms with Gasteiger partial charge in [-0.15, -0.1) is 11.3 Å². The SMILES string of the molecule is Cc1cc(C(=O)Cn2cnc3sccc3c2=O)c(C)n1Cc1ccc2c(c1)OCO2. The van der Waals surface area contributed by atoms with Crippen molar-refractivity contribution in [3.63, 3.8) is 0 Å². The number of carbonyl (C=O) groups excluding carboxylic acids is 1. The minimum absolute atomic E-state index is 0.0358. The van der Waals surface area contributed by atoms with Crippen molar-refractivity contribution >= 4 is 27.3 Å². The summed E-state index contributed by atoms with van der Waals surface area (Å²) in [6.45, 7) is 4.72. The molecule has 0 bridgehead atoms. The Bertz CT molecular complexity index is 1350. The maximum atomic E-state index is 13.0. The molecule has 152 valence electrons. The standard InChI is InChI=1S/C22H19N3O4S/c1-13-7-17(18(26)10-24-11-23-21-16(22(24)27)5-6-30-21)14(2)25(13)9-15-3-4-19-20(8-15)29-12-28-19/h3-8,11H,9-10,12H2,1-2H3. The molecule has 0 spiro atoms. The Morgan fingerprint density at radius 3 is 2.87 bits per heavy atom. The number of fused-ring (bicyclic) bond motifs is 2. The summed E-state index contributed by atoms with van der Waals surface area (Å²) in [6, 6.07) is 9.48. The molecular weight excluding hydrogens is 402 g/mol. The van der Waals surface area contributed by atoms with Crippen LogP contribution in [0.5, 0.6) is 11.5 Å². The number of hydrogen-bond donors (Lipinski definition) is 0. The summed E-state index contributed by atoms with van der Waals surface area (Å²) in [5.74, 6) is 1.37. The van der Waals surface area contributed by atoms with Gasteiger partial charge in [0.05, 0.1) is 18.3 Å². The number of nitrogens with zero attached hydrogens (tertiary/aromatic N) is 3. The van der Waals surface area contributed by atoms with Gasteiger partial charge >= 0.3 is 0 Å². The highest BCUT2D eigenvalue weighted by atomic mass is 32.1. The molecule has 3 aromatic heterocycles. The maximum Gasteiger partial charge on any atom is 0.262 e. The Morgan fingerprint density at radius 2 is 2.00 bits per heavy atom. The number of Topliss-reactive ketones (excluding diaryl/α,β-unsaturated/α-hetero) is 1. The first kappa shape index (κ1) is 18.6. The van der Waals surface area contributed by atoms with E-state index in [-0.39, 0.29) is 24.7 Å². The van der Waals surface area contributed by atoms with Crippen LogP contribution in [0.1, 0.15) is 27.3 Å². The van der Waals surface area contributed by atoms with E-state index in [9.17, 15) is 9.59 Å². The molecule has 0 saturated heterocycles. The summed E-state index contributed by atoms with van der Waals surface area (Å²) in [6.07, 6.45) is 1.45. The van der Waals surface area contributed by atoms with Crippen molar-refractivity contribution in [1.29, 1.82) is 0 Å². The molecule has 0 amide bonds. The van der Waals surface area contributed by atoms with Gasteiger partial charge in [-0.3, -0.25) is 14.2 Å². The van der Waals surface area contributed by atoms with E-state index >= 15 is 0 Å². The van der Waals surface area contributed by atoms with Crippen molar-refractivity contribution in [3.05, 3.63) is 74.9 Å². The van der Waals surface area contributed by atoms with E-state index in [2.05, 4.69) is 9.55 Å². The molecule has 0 aliphatic carbocycles. The Morgan fingerprint density at radius 1 is 1.17 bits per heavy atom. The van der Waals surface area contributed by atoms with Crippen LogP contribution in [0, 0.1) is 13.8 Å². The van der Waals surface area contributed by atoms with E-state index in [1.807, 2.05) is 43.5 Å². The fourth-order valence-electron chi connectivity index (χ4n) is 3.79. The molecule has 1 aliphatic heterocycles. The highest BCUT2D eigenvalue weighted by Gasteiger charge is 2.19. The fourth-order valence-corrected chi connectivity index (χ4v) is 4.52. The molecule has 4 heterocycles. The van der Waals surface area contributed by atoms with Crippen LogP contribution in [0.15, 0.2) is 46.8 Å². The molecule has 7 nitrogen and oxygen atoms in total. The highest BCUT2D eigenvalue weighted by molar-refractivity contribution is 7.16. The second-order valence-electron chi connectivity index (χ2n) is 7.30. The normalized spacial score (nSPS) is 12.6. The average Bonchev–Trinajstić information content (AvgIpc) is 3.45. The quantitative estimate of drug-likeness (QED) is 0.461. The van der Waals surface area contributed by atoms with Gasteiger partial charge in [-0.1, -0.05) is 6.07 Å². The van der Waals surface area contributed by atoms with Crippen molar-refractivity contribution in [2.75, 3.05) is 6.79 Å². The first-order valence-corrected chi connectivity index (χ1v) is 10.4. The minimum atomic E-state index is -0.191. The molecule has 30 heavy (non-hydrogen) atoms. The van der Waals surface area contributed by atoms with Crippen molar-refractivity contribution in [1.82, 2.24) is 14.1 Å². The molecule has 1 aromatic carbocycles. The van der Waals surface area contributed by atoms with Crippen LogP contribution in [0.2, 0.25) is 0 Å². The Hall–Kier alpha value is -3.39. The molecule has 4 aromatic rings. The number of ketones is 1. The largest absolute Gasteiger partial charge is 0.454 e. The van der Waals surface area contributed by atoms with Crippen molar-refractivity contribution in [3.8, 4) is 11.5 Å². The number of aryl methyl sites for hydroxylation is 1. The molecule has 0 saturated carbocycles. The van der Waals surface area contributed by atoms with Gasteiger partial charge in [0, 0.05) is 23.5 Å². The molecule has 1 aliphatic rings. The van der Waals surface area contributed by atoms with Crippen LogP contribution in [0.25, 0.3) is 10.2 Å². The lowest BCUT2D eigenvalue weighted by atomic mass is 10.1. The smallest absolute Gasteiger partial charge is 0.262 e. The van der Waals surface area contributed by atoms with E-state index < -0.39 is 0 Å². The summed E-state index contributed by atoms with van der Waals surface area (Å²) in [7, 11) is 0. The number of thiophene rings is 1. The van der Waals surface area contributed by atoms with Crippen molar-refractivity contribution in [2.45, 2.75) is 26.9 Å². The van der Waals surface area contributed by atoms with Gasteiger partial charge in [-0.25, -0.2) is 4.98 Å². The summed E-state index contributed by atoms with van der Waals surface area (Å²) in [5.41, 5.74) is 3.33. The summed E-state index contributed by atoms with van der Waals surface area (Å²) in [5, 5.41) is 2.37. The number of aromatic nitrogens is 3. The van der Waals surface area contributed by atoms with Gasteiger partial charge in [0.25, 0.3) is 5.56 Å². The third kappa shape index (κ3) is 3.09. The zero-order chi connectivity index (χ0) is 20.8. The van der Waals surface area contributed by atoms with E-state index in [1.54, 1.807) is 6.07 Å². The zero-order valence-electron chi connectivity index (χ0n) is 16.5. The van der Waals surface area contributed by atoms with Crippen LogP contribution < -0.4 is 15.0 Å². The van der Waals surface area contributed by atoms with Crippen LogP contribution in [0.3, 0.4) is 0 Å². The lowest BCUT2D eigenvalue weighted by molar-refractivity contribution is 0.0970. The predicted molar refractivity (Wildman–Crippen MR) is 114 cm³/mol. The Kier molecular flexibility index (Phi) is 4.43. The van der Waals surface area contributed by atoms with E-state index in [0.717, 1.165) is 28.5 Å². The minimum Gasteiger partial charge on any atom is -0.454 e. The van der Waals surface area contributed by atoms with Gasteiger partial charge in [0.2, 0.25) is 6.79 Å². The second kappa shape index (κ2) is 7.14. The number of ether oxygens (including phenoxy) is 2. The number of carbonyl (C=O) groups is 1. The van der Waals surface area contributed by atoms with Crippen LogP contribution >= 0.6 is 11.3 Å². The average molecular weight is 421 g/mol. The van der Waals surface area contributed by atoms with Gasteiger partial charge < -0.3 is 14.0 Å². The van der Waals surface area contributed by atoms with Crippen LogP contribution in [-0.4, -0.2) is 26.7 Å². The van der Waals surface area contributed by atoms with Crippen molar-refractivity contribution < 1.29 is 14.3 Å². The number of hydrogen-bond acceptors (Lipinski definition) is 6. The molecule has 0 unspecified atom stereocenters. The number of benzene rings is 1. The van der Waals surface area contributed by atoms with E-state index in [4.69, 9.17) is 9.47 Å². The van der Waals surface area contributed by atoms with Gasteiger partial charge in [0.1, 0.15) is 4.83 Å². The monoisotopic (exact) mass is 421 g/mol. The first-order valence-electron chi connectivity index (χ1n) is 9.52. The summed E-state index contributed by atoms with van der Waals surface area (Å²) in [4.78, 5) is 30.6. The molecule has 5 rings (SSSR count).